The van der Waals surface area contributed by atoms with Gasteiger partial charge in [-0.05, 0) is 55.3 Å². The van der Waals surface area contributed by atoms with Crippen LogP contribution < -0.4 is 10.6 Å². The van der Waals surface area contributed by atoms with Gasteiger partial charge in [-0.3, -0.25) is 9.59 Å². The zero-order chi connectivity index (χ0) is 20.5. The zero-order valence-corrected chi connectivity index (χ0v) is 17.8. The van der Waals surface area contributed by atoms with Gasteiger partial charge in [0.2, 0.25) is 5.91 Å². The summed E-state index contributed by atoms with van der Waals surface area (Å²) in [4.78, 5) is 24.3. The van der Waals surface area contributed by atoms with E-state index in [1.54, 1.807) is 43.1 Å². The maximum Gasteiger partial charge on any atom is 0.255 e. The summed E-state index contributed by atoms with van der Waals surface area (Å²) in [5.74, 6) is 0.514. The zero-order valence-electron chi connectivity index (χ0n) is 16.3. The van der Waals surface area contributed by atoms with Crippen molar-refractivity contribution in [1.82, 2.24) is 5.32 Å². The Balaban J connectivity index is 1.85. The molecule has 2 aromatic rings. The number of ether oxygens (including phenoxy) is 1. The van der Waals surface area contributed by atoms with Gasteiger partial charge in [0.15, 0.2) is 0 Å². The molecule has 0 aliphatic rings. The molecule has 0 unspecified atom stereocenters. The summed E-state index contributed by atoms with van der Waals surface area (Å²) >= 11 is 7.56. The lowest BCUT2D eigenvalue weighted by Gasteiger charge is -2.12. The molecule has 2 N–H and O–H groups in total. The van der Waals surface area contributed by atoms with Gasteiger partial charge in [0, 0.05) is 35.7 Å². The van der Waals surface area contributed by atoms with E-state index in [4.69, 9.17) is 16.3 Å². The molecule has 0 spiro atoms. The number of anilines is 1. The number of hydrogen-bond donors (Lipinski definition) is 2. The van der Waals surface area contributed by atoms with Crippen molar-refractivity contribution < 1.29 is 14.3 Å². The molecule has 0 heterocycles. The topological polar surface area (TPSA) is 67.4 Å². The molecule has 0 radical (unpaired) electrons. The van der Waals surface area contributed by atoms with E-state index in [-0.39, 0.29) is 17.1 Å². The second-order valence-electron chi connectivity index (χ2n) is 6.35. The fourth-order valence-corrected chi connectivity index (χ4v) is 3.38. The first kappa shape index (κ1) is 22.3. The van der Waals surface area contributed by atoms with Crippen LogP contribution >= 0.6 is 23.4 Å². The summed E-state index contributed by atoms with van der Waals surface area (Å²) in [6.45, 7) is 4.78. The summed E-state index contributed by atoms with van der Waals surface area (Å²) in [7, 11) is 1.60. The standard InChI is InChI=1S/C21H25ClN2O3S/c1-14-12-18(8-9-19(14)22)24-21(26)17-6-4-16(5-7-17)13-28-15(2)20(25)23-10-11-27-3/h4-9,12,15H,10-11,13H2,1-3H3,(H,23,25)(H,24,26)/t15-/m1/s1. The number of rotatable bonds is 9. The lowest BCUT2D eigenvalue weighted by Crippen LogP contribution is -2.33. The van der Waals surface area contributed by atoms with Crippen LogP contribution in [-0.2, 0) is 15.3 Å². The molecule has 28 heavy (non-hydrogen) atoms. The Morgan fingerprint density at radius 1 is 1.18 bits per heavy atom. The van der Waals surface area contributed by atoms with Crippen LogP contribution in [0.1, 0.15) is 28.4 Å². The Bertz CT molecular complexity index is 812. The van der Waals surface area contributed by atoms with Crippen LogP contribution in [0.5, 0.6) is 0 Å². The van der Waals surface area contributed by atoms with E-state index >= 15 is 0 Å². The molecule has 2 rings (SSSR count). The first-order valence-electron chi connectivity index (χ1n) is 8.95. The second-order valence-corrected chi connectivity index (χ2v) is 8.09. The van der Waals surface area contributed by atoms with Crippen LogP contribution in [0.15, 0.2) is 42.5 Å². The molecule has 5 nitrogen and oxygen atoms in total. The minimum atomic E-state index is -0.174. The molecule has 7 heteroatoms. The molecular weight excluding hydrogens is 396 g/mol. The summed E-state index contributed by atoms with van der Waals surface area (Å²) in [6, 6.07) is 12.8. The van der Waals surface area contributed by atoms with Crippen LogP contribution in [0.25, 0.3) is 0 Å². The van der Waals surface area contributed by atoms with Crippen LogP contribution in [0, 0.1) is 6.92 Å². The minimum absolute atomic E-state index is 0.00342. The Morgan fingerprint density at radius 3 is 2.54 bits per heavy atom. The molecule has 0 saturated carbocycles. The summed E-state index contributed by atoms with van der Waals surface area (Å²) < 4.78 is 4.92. The molecule has 2 aromatic carbocycles. The Labute approximate surface area is 175 Å². The van der Waals surface area contributed by atoms with Gasteiger partial charge in [-0.25, -0.2) is 0 Å². The van der Waals surface area contributed by atoms with E-state index in [2.05, 4.69) is 10.6 Å². The summed E-state index contributed by atoms with van der Waals surface area (Å²) in [5.41, 5.74) is 3.25. The van der Waals surface area contributed by atoms with Crippen molar-refractivity contribution in [3.63, 3.8) is 0 Å². The first-order valence-corrected chi connectivity index (χ1v) is 10.4. The molecule has 0 aliphatic carbocycles. The van der Waals surface area contributed by atoms with Crippen molar-refractivity contribution in [2.24, 2.45) is 0 Å². The van der Waals surface area contributed by atoms with Crippen molar-refractivity contribution in [2.45, 2.75) is 24.9 Å². The number of amides is 2. The van der Waals surface area contributed by atoms with Crippen molar-refractivity contribution in [2.75, 3.05) is 25.6 Å². The SMILES string of the molecule is COCCNC(=O)[C@@H](C)SCc1ccc(C(=O)Nc2ccc(Cl)c(C)c2)cc1. The molecule has 0 aliphatic heterocycles. The molecule has 0 saturated heterocycles. The number of halogens is 1. The molecule has 1 atom stereocenters. The predicted octanol–water partition coefficient (Wildman–Crippen LogP) is 4.29. The van der Waals surface area contributed by atoms with Gasteiger partial charge in [-0.2, -0.15) is 0 Å². The Morgan fingerprint density at radius 2 is 1.89 bits per heavy atom. The van der Waals surface area contributed by atoms with E-state index in [9.17, 15) is 9.59 Å². The third-order valence-corrected chi connectivity index (χ3v) is 5.74. The fraction of sp³-hybridized carbons (Fsp3) is 0.333. The highest BCUT2D eigenvalue weighted by Crippen LogP contribution is 2.21. The quantitative estimate of drug-likeness (QED) is 0.594. The molecule has 2 amide bonds. The van der Waals surface area contributed by atoms with E-state index in [0.717, 1.165) is 11.1 Å². The van der Waals surface area contributed by atoms with E-state index in [1.807, 2.05) is 32.0 Å². The van der Waals surface area contributed by atoms with Crippen molar-refractivity contribution in [3.05, 3.63) is 64.2 Å². The van der Waals surface area contributed by atoms with Gasteiger partial charge in [-0.15, -0.1) is 11.8 Å². The van der Waals surface area contributed by atoms with Gasteiger partial charge < -0.3 is 15.4 Å². The van der Waals surface area contributed by atoms with Crippen LogP contribution in [-0.4, -0.2) is 37.3 Å². The fourth-order valence-electron chi connectivity index (χ4n) is 2.39. The monoisotopic (exact) mass is 420 g/mol. The number of aryl methyl sites for hydroxylation is 1. The number of hydrogen-bond acceptors (Lipinski definition) is 4. The van der Waals surface area contributed by atoms with Crippen LogP contribution in [0.4, 0.5) is 5.69 Å². The predicted molar refractivity (Wildman–Crippen MR) is 116 cm³/mol. The highest BCUT2D eigenvalue weighted by atomic mass is 35.5. The van der Waals surface area contributed by atoms with E-state index < -0.39 is 0 Å². The summed E-state index contributed by atoms with van der Waals surface area (Å²) in [5, 5.41) is 6.21. The average molecular weight is 421 g/mol. The smallest absolute Gasteiger partial charge is 0.255 e. The third-order valence-electron chi connectivity index (χ3n) is 4.11. The van der Waals surface area contributed by atoms with Gasteiger partial charge in [-0.1, -0.05) is 23.7 Å². The van der Waals surface area contributed by atoms with E-state index in [1.165, 1.54) is 0 Å². The number of benzene rings is 2. The summed E-state index contributed by atoms with van der Waals surface area (Å²) in [6.07, 6.45) is 0. The van der Waals surface area contributed by atoms with Gasteiger partial charge in [0.25, 0.3) is 5.91 Å². The van der Waals surface area contributed by atoms with Crippen molar-refractivity contribution in [3.8, 4) is 0 Å². The Hall–Kier alpha value is -2.02. The number of nitrogens with one attached hydrogen (secondary N) is 2. The molecule has 150 valence electrons. The van der Waals surface area contributed by atoms with Crippen LogP contribution in [0.3, 0.4) is 0 Å². The maximum absolute atomic E-state index is 12.4. The van der Waals surface area contributed by atoms with Gasteiger partial charge in [0.05, 0.1) is 11.9 Å². The highest BCUT2D eigenvalue weighted by molar-refractivity contribution is 7.99. The van der Waals surface area contributed by atoms with E-state index in [0.29, 0.717) is 35.2 Å². The molecule has 0 aromatic heterocycles. The first-order chi connectivity index (χ1) is 13.4. The minimum Gasteiger partial charge on any atom is -0.383 e. The average Bonchev–Trinajstić information content (AvgIpc) is 2.69. The molecular formula is C21H25ClN2O3S. The van der Waals surface area contributed by atoms with Gasteiger partial charge in [0.1, 0.15) is 0 Å². The molecule has 0 bridgehead atoms. The number of carbonyl (C=O) groups is 2. The highest BCUT2D eigenvalue weighted by Gasteiger charge is 2.13. The molecule has 0 fully saturated rings. The normalized spacial score (nSPS) is 11.7. The number of methoxy groups -OCH3 is 1. The Kier molecular flexibility index (Phi) is 8.83. The lowest BCUT2D eigenvalue weighted by molar-refractivity contribution is -0.120. The van der Waals surface area contributed by atoms with Crippen LogP contribution in [0.2, 0.25) is 5.02 Å². The third kappa shape index (κ3) is 6.86. The number of carbonyl (C=O) groups excluding carboxylic acids is 2. The maximum atomic E-state index is 12.4. The number of thioether (sulfide) groups is 1. The second kappa shape index (κ2) is 11.1. The largest absolute Gasteiger partial charge is 0.383 e. The van der Waals surface area contributed by atoms with Crippen molar-refractivity contribution >= 4 is 40.9 Å². The van der Waals surface area contributed by atoms with Crippen molar-refractivity contribution in [1.29, 1.82) is 0 Å². The lowest BCUT2D eigenvalue weighted by atomic mass is 10.1. The van der Waals surface area contributed by atoms with Gasteiger partial charge >= 0.3 is 0 Å².